The number of alkyl halides is 3. The average molecular weight is 353 g/mol. The first-order chi connectivity index (χ1) is 11.6. The van der Waals surface area contributed by atoms with Gasteiger partial charge in [-0.25, -0.2) is 0 Å². The molecule has 146 valence electrons. The third-order valence-corrected chi connectivity index (χ3v) is 4.45. The minimum atomic E-state index is -3.97. The summed E-state index contributed by atoms with van der Waals surface area (Å²) in [6.07, 6.45) is 12.8. The predicted octanol–water partition coefficient (Wildman–Crippen LogP) is 7.83. The Labute approximate surface area is 147 Å². The van der Waals surface area contributed by atoms with Crippen LogP contribution in [-0.2, 0) is 4.74 Å². The third-order valence-electron chi connectivity index (χ3n) is 4.45. The van der Waals surface area contributed by atoms with Gasteiger partial charge < -0.3 is 4.74 Å². The van der Waals surface area contributed by atoms with Crippen molar-refractivity contribution >= 4 is 0 Å². The van der Waals surface area contributed by atoms with Gasteiger partial charge in [0, 0.05) is 19.6 Å². The maximum Gasteiger partial charge on any atom is 0.389 e. The summed E-state index contributed by atoms with van der Waals surface area (Å²) in [4.78, 5) is 0. The van der Waals surface area contributed by atoms with Gasteiger partial charge in [-0.2, -0.15) is 13.2 Å². The molecule has 0 aliphatic carbocycles. The molecule has 0 aromatic rings. The van der Waals surface area contributed by atoms with Gasteiger partial charge in [-0.1, -0.05) is 83.5 Å². The molecule has 0 rings (SSSR count). The van der Waals surface area contributed by atoms with Gasteiger partial charge in [-0.15, -0.1) is 0 Å². The van der Waals surface area contributed by atoms with Crippen LogP contribution < -0.4 is 0 Å². The Bertz CT molecular complexity index is 242. The van der Waals surface area contributed by atoms with E-state index in [9.17, 15) is 13.2 Å². The van der Waals surface area contributed by atoms with E-state index in [2.05, 4.69) is 0 Å². The lowest BCUT2D eigenvalue weighted by atomic mass is 10.0. The maximum atomic E-state index is 12.0. The first kappa shape index (κ1) is 23.8. The fourth-order valence-corrected chi connectivity index (χ4v) is 2.97. The minimum absolute atomic E-state index is 0.301. The number of halogens is 3. The zero-order valence-corrected chi connectivity index (χ0v) is 15.8. The molecule has 0 saturated carbocycles. The van der Waals surface area contributed by atoms with Crippen LogP contribution in [0.25, 0.3) is 0 Å². The molecule has 0 fully saturated rings. The monoisotopic (exact) mass is 352 g/mol. The van der Waals surface area contributed by atoms with Crippen molar-refractivity contribution in [1.82, 2.24) is 0 Å². The Morgan fingerprint density at radius 1 is 0.542 bits per heavy atom. The lowest BCUT2D eigenvalue weighted by Gasteiger charge is -2.06. The summed E-state index contributed by atoms with van der Waals surface area (Å²) in [7, 11) is 0. The highest BCUT2D eigenvalue weighted by atomic mass is 19.4. The van der Waals surface area contributed by atoms with Gasteiger partial charge in [0.05, 0.1) is 0 Å². The largest absolute Gasteiger partial charge is 0.389 e. The average Bonchev–Trinajstić information content (AvgIpc) is 2.52. The van der Waals surface area contributed by atoms with Gasteiger partial charge in [0.25, 0.3) is 0 Å². The highest BCUT2D eigenvalue weighted by molar-refractivity contribution is 4.53. The van der Waals surface area contributed by atoms with Crippen molar-refractivity contribution < 1.29 is 17.9 Å². The lowest BCUT2D eigenvalue weighted by Crippen LogP contribution is -2.06. The fraction of sp³-hybridized carbons (Fsp3) is 1.00. The SMILES string of the molecule is CCOCCCCCCCCCCCCCCCCCC(F)(F)F. The Hall–Kier alpha value is -0.250. The normalized spacial score (nSPS) is 12.0. The van der Waals surface area contributed by atoms with E-state index in [1.54, 1.807) is 0 Å². The molecule has 0 atom stereocenters. The molecule has 0 spiro atoms. The maximum absolute atomic E-state index is 12.0. The summed E-state index contributed by atoms with van der Waals surface area (Å²) in [5, 5.41) is 0. The summed E-state index contributed by atoms with van der Waals surface area (Å²) in [5.41, 5.74) is 0. The summed E-state index contributed by atoms with van der Waals surface area (Å²) in [6.45, 7) is 3.79. The summed E-state index contributed by atoms with van der Waals surface area (Å²) >= 11 is 0. The molecular formula is C20H39F3O. The standard InChI is InChI=1S/C20H39F3O/c1-2-24-19-17-15-13-11-9-7-5-3-4-6-8-10-12-14-16-18-20(21,22)23/h2-19H2,1H3. The lowest BCUT2D eigenvalue weighted by molar-refractivity contribution is -0.135. The van der Waals surface area contributed by atoms with Crippen molar-refractivity contribution in [2.24, 2.45) is 0 Å². The Balaban J connectivity index is 3.00. The molecule has 0 N–H and O–H groups in total. The first-order valence-corrected chi connectivity index (χ1v) is 10.2. The van der Waals surface area contributed by atoms with Crippen LogP contribution in [0.2, 0.25) is 0 Å². The number of hydrogen-bond acceptors (Lipinski definition) is 1. The topological polar surface area (TPSA) is 9.23 Å². The van der Waals surface area contributed by atoms with Gasteiger partial charge in [0.1, 0.15) is 0 Å². The minimum Gasteiger partial charge on any atom is -0.382 e. The summed E-state index contributed by atoms with van der Waals surface area (Å²) in [6, 6.07) is 0. The molecule has 0 aliphatic heterocycles. The van der Waals surface area contributed by atoms with Crippen LogP contribution in [0.1, 0.15) is 110 Å². The van der Waals surface area contributed by atoms with Gasteiger partial charge in [0.15, 0.2) is 0 Å². The van der Waals surface area contributed by atoms with Crippen molar-refractivity contribution in [3.63, 3.8) is 0 Å². The molecule has 0 aromatic carbocycles. The number of hydrogen-bond donors (Lipinski definition) is 0. The van der Waals surface area contributed by atoms with Crippen LogP contribution >= 0.6 is 0 Å². The first-order valence-electron chi connectivity index (χ1n) is 10.2. The number of ether oxygens (including phenoxy) is 1. The Kier molecular flexibility index (Phi) is 17.4. The summed E-state index contributed by atoms with van der Waals surface area (Å²) in [5.74, 6) is 0. The third kappa shape index (κ3) is 21.8. The molecule has 0 radical (unpaired) electrons. The second-order valence-electron chi connectivity index (χ2n) is 6.87. The van der Waals surface area contributed by atoms with Crippen molar-refractivity contribution in [3.05, 3.63) is 0 Å². The van der Waals surface area contributed by atoms with E-state index in [4.69, 9.17) is 4.74 Å². The van der Waals surface area contributed by atoms with Crippen LogP contribution in [0.4, 0.5) is 13.2 Å². The smallest absolute Gasteiger partial charge is 0.382 e. The molecule has 0 saturated heterocycles. The second kappa shape index (κ2) is 17.6. The molecule has 0 aromatic heterocycles. The zero-order chi connectivity index (χ0) is 17.9. The van der Waals surface area contributed by atoms with E-state index < -0.39 is 12.6 Å². The summed E-state index contributed by atoms with van der Waals surface area (Å²) < 4.78 is 41.2. The molecule has 0 heterocycles. The van der Waals surface area contributed by atoms with Crippen LogP contribution in [0.15, 0.2) is 0 Å². The van der Waals surface area contributed by atoms with Gasteiger partial charge in [0.2, 0.25) is 0 Å². The van der Waals surface area contributed by atoms with Crippen molar-refractivity contribution in [2.75, 3.05) is 13.2 Å². The van der Waals surface area contributed by atoms with Crippen molar-refractivity contribution in [3.8, 4) is 0 Å². The van der Waals surface area contributed by atoms with E-state index in [0.29, 0.717) is 6.42 Å². The number of rotatable bonds is 18. The van der Waals surface area contributed by atoms with Crippen LogP contribution in [-0.4, -0.2) is 19.4 Å². The van der Waals surface area contributed by atoms with Crippen molar-refractivity contribution in [2.45, 2.75) is 116 Å². The van der Waals surface area contributed by atoms with E-state index in [1.807, 2.05) is 6.92 Å². The molecular weight excluding hydrogens is 313 g/mol. The zero-order valence-electron chi connectivity index (χ0n) is 15.8. The highest BCUT2D eigenvalue weighted by Crippen LogP contribution is 2.23. The van der Waals surface area contributed by atoms with Crippen LogP contribution in [0.3, 0.4) is 0 Å². The van der Waals surface area contributed by atoms with Gasteiger partial charge in [-0.05, 0) is 19.8 Å². The molecule has 1 nitrogen and oxygen atoms in total. The molecule has 0 aliphatic rings. The molecule has 0 bridgehead atoms. The fourth-order valence-electron chi connectivity index (χ4n) is 2.97. The number of unbranched alkanes of at least 4 members (excludes halogenated alkanes) is 14. The Morgan fingerprint density at radius 3 is 1.21 bits per heavy atom. The van der Waals surface area contributed by atoms with Gasteiger partial charge >= 0.3 is 6.18 Å². The quantitative estimate of drug-likeness (QED) is 0.228. The van der Waals surface area contributed by atoms with E-state index in [-0.39, 0.29) is 0 Å². The molecule has 0 unspecified atom stereocenters. The highest BCUT2D eigenvalue weighted by Gasteiger charge is 2.25. The second-order valence-corrected chi connectivity index (χ2v) is 6.87. The van der Waals surface area contributed by atoms with E-state index in [1.165, 1.54) is 70.6 Å². The van der Waals surface area contributed by atoms with Crippen LogP contribution in [0, 0.1) is 0 Å². The van der Waals surface area contributed by atoms with E-state index >= 15 is 0 Å². The van der Waals surface area contributed by atoms with Crippen molar-refractivity contribution in [1.29, 1.82) is 0 Å². The molecule has 4 heteroatoms. The van der Waals surface area contributed by atoms with Crippen LogP contribution in [0.5, 0.6) is 0 Å². The van der Waals surface area contributed by atoms with E-state index in [0.717, 1.165) is 32.5 Å². The van der Waals surface area contributed by atoms with Gasteiger partial charge in [-0.3, -0.25) is 0 Å². The Morgan fingerprint density at radius 2 is 0.875 bits per heavy atom. The predicted molar refractivity (Wildman–Crippen MR) is 96.4 cm³/mol. The molecule has 24 heavy (non-hydrogen) atoms. The molecule has 0 amide bonds.